The third-order valence-corrected chi connectivity index (χ3v) is 7.33. The molecule has 0 bridgehead atoms. The van der Waals surface area contributed by atoms with Gasteiger partial charge in [0.15, 0.2) is 0 Å². The molecule has 0 aliphatic heterocycles. The van der Waals surface area contributed by atoms with Crippen LogP contribution in [0, 0.1) is 22.7 Å². The van der Waals surface area contributed by atoms with Crippen molar-refractivity contribution in [2.24, 2.45) is 22.7 Å². The number of hydrogen-bond acceptors (Lipinski definition) is 4. The molecule has 0 N–H and O–H groups in total. The first-order valence-corrected chi connectivity index (χ1v) is 10.1. The van der Waals surface area contributed by atoms with Crippen LogP contribution < -0.4 is 10.4 Å². The zero-order valence-corrected chi connectivity index (χ0v) is 16.9. The Balaban J connectivity index is 1.59. The summed E-state index contributed by atoms with van der Waals surface area (Å²) in [6, 6.07) is 8.75. The van der Waals surface area contributed by atoms with Gasteiger partial charge in [-0.2, -0.15) is 0 Å². The molecular formula is C24H28O4. The van der Waals surface area contributed by atoms with E-state index in [0.717, 1.165) is 24.6 Å². The number of ketones is 1. The molecule has 28 heavy (non-hydrogen) atoms. The molecule has 2 saturated carbocycles. The third kappa shape index (κ3) is 2.99. The number of fused-ring (bicyclic) bond motifs is 2. The summed E-state index contributed by atoms with van der Waals surface area (Å²) in [7, 11) is 0. The lowest BCUT2D eigenvalue weighted by atomic mass is 9.47. The van der Waals surface area contributed by atoms with E-state index in [1.54, 1.807) is 12.1 Å². The molecule has 2 fully saturated rings. The average molecular weight is 380 g/mol. The van der Waals surface area contributed by atoms with Gasteiger partial charge in [-0.1, -0.05) is 32.9 Å². The molecule has 0 radical (unpaired) electrons. The summed E-state index contributed by atoms with van der Waals surface area (Å²) in [5, 5.41) is 0.869. The van der Waals surface area contributed by atoms with Crippen LogP contribution in [0.3, 0.4) is 0 Å². The summed E-state index contributed by atoms with van der Waals surface area (Å²) in [5.74, 6) is 1.62. The van der Waals surface area contributed by atoms with Gasteiger partial charge in [-0.05, 0) is 48.8 Å². The van der Waals surface area contributed by atoms with Crippen molar-refractivity contribution in [1.82, 2.24) is 0 Å². The predicted octanol–water partition coefficient (Wildman–Crippen LogP) is 5.15. The standard InChI is InChI=1S/C24H28O4/c1-15-5-9-20-23(2,3)21(25)11-12-24(20,4)18(15)14-27-17-8-6-16-7-10-22(26)28-19(16)13-17/h6-8,10,13,18,20H,1,5,9,11-12,14H2,2-4H3/t18-,20-,24-/m1/s1. The number of Topliss-reactive ketones (excluding diaryl/α,β-unsaturated/α-hetero) is 1. The fourth-order valence-electron chi connectivity index (χ4n) is 5.59. The molecule has 1 aromatic heterocycles. The molecule has 0 spiro atoms. The van der Waals surface area contributed by atoms with Crippen LogP contribution in [0.15, 0.2) is 51.7 Å². The monoisotopic (exact) mass is 380 g/mol. The normalized spacial score (nSPS) is 29.5. The minimum absolute atomic E-state index is 0.0101. The highest BCUT2D eigenvalue weighted by Crippen LogP contribution is 2.59. The maximum absolute atomic E-state index is 12.5. The SMILES string of the molecule is C=C1CC[C@@H]2C(C)(C)C(=O)CC[C@]2(C)[C@@H]1COc1ccc2ccc(=O)oc2c1. The van der Waals surface area contributed by atoms with Crippen molar-refractivity contribution in [3.63, 3.8) is 0 Å². The molecule has 4 rings (SSSR count). The van der Waals surface area contributed by atoms with E-state index in [1.807, 2.05) is 12.1 Å². The summed E-state index contributed by atoms with van der Waals surface area (Å²) >= 11 is 0. The average Bonchev–Trinajstić information content (AvgIpc) is 2.64. The van der Waals surface area contributed by atoms with Gasteiger partial charge in [0.05, 0.1) is 6.61 Å². The van der Waals surface area contributed by atoms with Crippen molar-refractivity contribution in [3.8, 4) is 5.75 Å². The highest BCUT2D eigenvalue weighted by atomic mass is 16.5. The van der Waals surface area contributed by atoms with Crippen LogP contribution in [0.4, 0.5) is 0 Å². The van der Waals surface area contributed by atoms with E-state index in [4.69, 9.17) is 9.15 Å². The summed E-state index contributed by atoms with van der Waals surface area (Å²) < 4.78 is 11.4. The second-order valence-corrected chi connectivity index (χ2v) is 9.22. The van der Waals surface area contributed by atoms with Gasteiger partial charge in [-0.25, -0.2) is 4.79 Å². The van der Waals surface area contributed by atoms with Crippen molar-refractivity contribution in [3.05, 3.63) is 52.9 Å². The van der Waals surface area contributed by atoms with Crippen molar-refractivity contribution >= 4 is 16.8 Å². The molecule has 0 amide bonds. The maximum Gasteiger partial charge on any atom is 0.336 e. The quantitative estimate of drug-likeness (QED) is 0.546. The van der Waals surface area contributed by atoms with Crippen LogP contribution in [0.2, 0.25) is 0 Å². The molecule has 4 heteroatoms. The first-order chi connectivity index (χ1) is 13.2. The Morgan fingerprint density at radius 3 is 2.68 bits per heavy atom. The predicted molar refractivity (Wildman–Crippen MR) is 109 cm³/mol. The van der Waals surface area contributed by atoms with E-state index in [1.165, 1.54) is 11.6 Å². The second-order valence-electron chi connectivity index (χ2n) is 9.22. The van der Waals surface area contributed by atoms with Gasteiger partial charge in [-0.3, -0.25) is 4.79 Å². The fourth-order valence-corrected chi connectivity index (χ4v) is 5.59. The first-order valence-electron chi connectivity index (χ1n) is 10.1. The van der Waals surface area contributed by atoms with E-state index in [-0.39, 0.29) is 22.4 Å². The molecule has 4 nitrogen and oxygen atoms in total. The molecular weight excluding hydrogens is 352 g/mol. The van der Waals surface area contributed by atoms with Crippen molar-refractivity contribution in [2.75, 3.05) is 6.61 Å². The lowest BCUT2D eigenvalue weighted by molar-refractivity contribution is -0.145. The maximum atomic E-state index is 12.5. The molecule has 148 valence electrons. The van der Waals surface area contributed by atoms with Crippen LogP contribution in [0.25, 0.3) is 11.0 Å². The van der Waals surface area contributed by atoms with Gasteiger partial charge in [0.1, 0.15) is 17.1 Å². The number of benzene rings is 1. The largest absolute Gasteiger partial charge is 0.493 e. The lowest BCUT2D eigenvalue weighted by Crippen LogP contribution is -2.54. The van der Waals surface area contributed by atoms with Gasteiger partial charge in [-0.15, -0.1) is 0 Å². The fraction of sp³-hybridized carbons (Fsp3) is 0.500. The van der Waals surface area contributed by atoms with Crippen LogP contribution in [-0.2, 0) is 4.79 Å². The third-order valence-electron chi connectivity index (χ3n) is 7.33. The van der Waals surface area contributed by atoms with E-state index < -0.39 is 0 Å². The smallest absolute Gasteiger partial charge is 0.336 e. The molecule has 2 aliphatic rings. The highest BCUT2D eigenvalue weighted by molar-refractivity contribution is 5.85. The van der Waals surface area contributed by atoms with Gasteiger partial charge in [0.25, 0.3) is 0 Å². The highest BCUT2D eigenvalue weighted by Gasteiger charge is 2.56. The number of rotatable bonds is 3. The van der Waals surface area contributed by atoms with Crippen molar-refractivity contribution < 1.29 is 13.9 Å². The van der Waals surface area contributed by atoms with E-state index in [9.17, 15) is 9.59 Å². The van der Waals surface area contributed by atoms with Crippen molar-refractivity contribution in [1.29, 1.82) is 0 Å². The van der Waals surface area contributed by atoms with Crippen molar-refractivity contribution in [2.45, 2.75) is 46.5 Å². The summed E-state index contributed by atoms with van der Waals surface area (Å²) in [6.07, 6.45) is 3.48. The van der Waals surface area contributed by atoms with E-state index >= 15 is 0 Å². The van der Waals surface area contributed by atoms with E-state index in [0.29, 0.717) is 36.1 Å². The Morgan fingerprint density at radius 2 is 1.89 bits per heavy atom. The van der Waals surface area contributed by atoms with Crippen LogP contribution in [0.1, 0.15) is 46.5 Å². The van der Waals surface area contributed by atoms with Gasteiger partial charge >= 0.3 is 5.63 Å². The number of carbonyl (C=O) groups excluding carboxylic acids is 1. The number of hydrogen-bond donors (Lipinski definition) is 0. The summed E-state index contributed by atoms with van der Waals surface area (Å²) in [4.78, 5) is 24.0. The Labute approximate surface area is 165 Å². The van der Waals surface area contributed by atoms with Gasteiger partial charge < -0.3 is 9.15 Å². The molecule has 1 heterocycles. The Bertz CT molecular complexity index is 999. The minimum atomic E-state index is -0.366. The van der Waals surface area contributed by atoms with Gasteiger partial charge in [0, 0.05) is 35.3 Å². The Kier molecular flexibility index (Phi) is 4.48. The van der Waals surface area contributed by atoms with E-state index in [2.05, 4.69) is 27.4 Å². The van der Waals surface area contributed by atoms with Gasteiger partial charge in [0.2, 0.25) is 0 Å². The van der Waals surface area contributed by atoms with Crippen LogP contribution >= 0.6 is 0 Å². The Morgan fingerprint density at radius 1 is 1.14 bits per heavy atom. The summed E-state index contributed by atoms with van der Waals surface area (Å²) in [6.45, 7) is 11.4. The number of carbonyl (C=O) groups is 1. The Hall–Kier alpha value is -2.36. The molecule has 0 saturated heterocycles. The van der Waals surface area contributed by atoms with Crippen LogP contribution in [0.5, 0.6) is 5.75 Å². The molecule has 1 aromatic carbocycles. The molecule has 2 aromatic rings. The molecule has 3 atom stereocenters. The topological polar surface area (TPSA) is 56.5 Å². The zero-order valence-electron chi connectivity index (χ0n) is 16.9. The molecule has 2 aliphatic carbocycles. The number of ether oxygens (including phenoxy) is 1. The minimum Gasteiger partial charge on any atom is -0.493 e. The summed E-state index contributed by atoms with van der Waals surface area (Å²) in [5.41, 5.74) is 1.10. The molecule has 0 unspecified atom stereocenters. The second kappa shape index (κ2) is 6.61. The lowest BCUT2D eigenvalue weighted by Gasteiger charge is -2.56. The first kappa shape index (κ1) is 19.0. The zero-order chi connectivity index (χ0) is 20.1. The van der Waals surface area contributed by atoms with Crippen LogP contribution in [-0.4, -0.2) is 12.4 Å².